The lowest BCUT2D eigenvalue weighted by Gasteiger charge is -2.17. The molecular formula is C20H27N3O4S. The Bertz CT molecular complexity index is 960. The zero-order chi connectivity index (χ0) is 20.4. The van der Waals surface area contributed by atoms with Gasteiger partial charge >= 0.3 is 5.97 Å². The molecule has 1 amide bonds. The van der Waals surface area contributed by atoms with Crippen LogP contribution in [-0.4, -0.2) is 34.1 Å². The van der Waals surface area contributed by atoms with Crippen molar-refractivity contribution in [3.63, 3.8) is 0 Å². The largest absolute Gasteiger partial charge is 0.451 e. The van der Waals surface area contributed by atoms with Crippen LogP contribution in [0.3, 0.4) is 0 Å². The number of ether oxygens (including phenoxy) is 1. The van der Waals surface area contributed by atoms with Crippen LogP contribution in [0.5, 0.6) is 0 Å². The first-order valence-electron chi connectivity index (χ1n) is 9.79. The Balaban J connectivity index is 1.81. The molecule has 7 nitrogen and oxygen atoms in total. The van der Waals surface area contributed by atoms with Crippen LogP contribution in [0.4, 0.5) is 0 Å². The van der Waals surface area contributed by atoms with Crippen LogP contribution in [0, 0.1) is 12.8 Å². The fraction of sp³-hybridized carbons (Fsp3) is 0.600. The van der Waals surface area contributed by atoms with Gasteiger partial charge in [0.15, 0.2) is 6.61 Å². The van der Waals surface area contributed by atoms with Crippen molar-refractivity contribution in [3.8, 4) is 0 Å². The fourth-order valence-electron chi connectivity index (χ4n) is 3.26. The van der Waals surface area contributed by atoms with Crippen molar-refractivity contribution in [1.82, 2.24) is 14.9 Å². The van der Waals surface area contributed by atoms with Crippen LogP contribution in [0.15, 0.2) is 4.79 Å². The summed E-state index contributed by atoms with van der Waals surface area (Å²) in [4.78, 5) is 43.0. The monoisotopic (exact) mass is 405 g/mol. The molecule has 152 valence electrons. The molecule has 3 heterocycles. The van der Waals surface area contributed by atoms with Crippen molar-refractivity contribution >= 4 is 33.4 Å². The van der Waals surface area contributed by atoms with Gasteiger partial charge in [-0.2, -0.15) is 0 Å². The topological polar surface area (TPSA) is 90.3 Å². The van der Waals surface area contributed by atoms with E-state index in [-0.39, 0.29) is 24.1 Å². The number of hydrogen-bond donors (Lipinski definition) is 1. The maximum absolute atomic E-state index is 12.9. The van der Waals surface area contributed by atoms with Crippen molar-refractivity contribution in [1.29, 1.82) is 0 Å². The summed E-state index contributed by atoms with van der Waals surface area (Å²) in [7, 11) is 0. The molecule has 1 atom stereocenters. The highest BCUT2D eigenvalue weighted by molar-refractivity contribution is 7.20. The summed E-state index contributed by atoms with van der Waals surface area (Å²) >= 11 is 1.17. The highest BCUT2D eigenvalue weighted by Crippen LogP contribution is 2.29. The molecule has 0 spiro atoms. The molecule has 3 rings (SSSR count). The molecule has 0 saturated heterocycles. The normalized spacial score (nSPS) is 15.2. The Kier molecular flexibility index (Phi) is 6.17. The van der Waals surface area contributed by atoms with Gasteiger partial charge in [0, 0.05) is 19.0 Å². The van der Waals surface area contributed by atoms with Gasteiger partial charge in [-0.25, -0.2) is 9.78 Å². The van der Waals surface area contributed by atoms with E-state index in [0.29, 0.717) is 33.1 Å². The minimum Gasteiger partial charge on any atom is -0.451 e. The predicted molar refractivity (Wildman–Crippen MR) is 109 cm³/mol. The van der Waals surface area contributed by atoms with E-state index >= 15 is 0 Å². The summed E-state index contributed by atoms with van der Waals surface area (Å²) in [5, 5.41) is 3.29. The number of aromatic nitrogens is 2. The third-order valence-electron chi connectivity index (χ3n) is 5.32. The van der Waals surface area contributed by atoms with Gasteiger partial charge < -0.3 is 10.1 Å². The summed E-state index contributed by atoms with van der Waals surface area (Å²) in [6, 6.07) is -0.00286. The van der Waals surface area contributed by atoms with Gasteiger partial charge in [-0.1, -0.05) is 20.3 Å². The number of amides is 1. The first-order valence-corrected chi connectivity index (χ1v) is 10.6. The molecule has 0 radical (unpaired) electrons. The van der Waals surface area contributed by atoms with Gasteiger partial charge in [0.2, 0.25) is 0 Å². The van der Waals surface area contributed by atoms with Crippen LogP contribution in [0.25, 0.3) is 10.2 Å². The molecular weight excluding hydrogens is 378 g/mol. The minimum absolute atomic E-state index is 0.00286. The molecule has 1 aliphatic heterocycles. The zero-order valence-corrected chi connectivity index (χ0v) is 17.6. The number of esters is 1. The van der Waals surface area contributed by atoms with E-state index in [1.54, 1.807) is 11.5 Å². The summed E-state index contributed by atoms with van der Waals surface area (Å²) in [5.74, 6) is 0.155. The molecule has 2 aromatic rings. The quantitative estimate of drug-likeness (QED) is 0.773. The van der Waals surface area contributed by atoms with E-state index in [2.05, 4.69) is 10.3 Å². The van der Waals surface area contributed by atoms with Gasteiger partial charge in [-0.3, -0.25) is 14.2 Å². The van der Waals surface area contributed by atoms with Gasteiger partial charge in [-0.15, -0.1) is 11.3 Å². The lowest BCUT2D eigenvalue weighted by atomic mass is 10.1. The van der Waals surface area contributed by atoms with E-state index in [0.717, 1.165) is 31.5 Å². The molecule has 28 heavy (non-hydrogen) atoms. The predicted octanol–water partition coefficient (Wildman–Crippen LogP) is 2.81. The second-order valence-corrected chi connectivity index (χ2v) is 8.71. The number of carbonyl (C=O) groups excluding carboxylic acids is 2. The van der Waals surface area contributed by atoms with E-state index < -0.39 is 5.97 Å². The number of rotatable bonds is 5. The third kappa shape index (κ3) is 4.11. The van der Waals surface area contributed by atoms with E-state index in [4.69, 9.17) is 4.74 Å². The third-order valence-corrected chi connectivity index (χ3v) is 6.49. The van der Waals surface area contributed by atoms with Crippen molar-refractivity contribution in [2.45, 2.75) is 66.0 Å². The number of carbonyl (C=O) groups is 2. The number of thiophene rings is 1. The van der Waals surface area contributed by atoms with Crippen LogP contribution in [0.1, 0.15) is 61.1 Å². The Morgan fingerprint density at radius 3 is 2.71 bits per heavy atom. The average Bonchev–Trinajstić information content (AvgIpc) is 2.81. The first kappa shape index (κ1) is 20.5. The van der Waals surface area contributed by atoms with Gasteiger partial charge in [0.1, 0.15) is 15.5 Å². The second kappa shape index (κ2) is 8.43. The van der Waals surface area contributed by atoms with Crippen molar-refractivity contribution < 1.29 is 14.3 Å². The number of hydrogen-bond acceptors (Lipinski definition) is 6. The number of fused-ring (bicyclic) bond motifs is 2. The average molecular weight is 406 g/mol. The molecule has 0 aliphatic carbocycles. The van der Waals surface area contributed by atoms with Crippen molar-refractivity contribution in [3.05, 3.63) is 26.6 Å². The Labute approximate surface area is 168 Å². The Morgan fingerprint density at radius 2 is 2.00 bits per heavy atom. The molecule has 8 heteroatoms. The van der Waals surface area contributed by atoms with Crippen LogP contribution in [-0.2, 0) is 22.5 Å². The van der Waals surface area contributed by atoms with Gasteiger partial charge in [-0.05, 0) is 38.2 Å². The molecule has 0 fully saturated rings. The molecule has 1 unspecified atom stereocenters. The van der Waals surface area contributed by atoms with Crippen LogP contribution in [0.2, 0.25) is 0 Å². The lowest BCUT2D eigenvalue weighted by Crippen LogP contribution is -2.38. The first-order chi connectivity index (χ1) is 13.3. The number of nitrogens with one attached hydrogen (secondary N) is 1. The summed E-state index contributed by atoms with van der Waals surface area (Å²) in [5.41, 5.74) is 0.496. The maximum atomic E-state index is 12.9. The zero-order valence-electron chi connectivity index (χ0n) is 16.8. The molecule has 0 bridgehead atoms. The highest BCUT2D eigenvalue weighted by Gasteiger charge is 2.23. The summed E-state index contributed by atoms with van der Waals surface area (Å²) < 4.78 is 6.93. The molecule has 1 N–H and O–H groups in total. The van der Waals surface area contributed by atoms with E-state index in [1.807, 2.05) is 20.8 Å². The summed E-state index contributed by atoms with van der Waals surface area (Å²) in [6.07, 6.45) is 3.84. The smallest absolute Gasteiger partial charge is 0.349 e. The van der Waals surface area contributed by atoms with Crippen LogP contribution >= 0.6 is 11.3 Å². The minimum atomic E-state index is -0.590. The van der Waals surface area contributed by atoms with Gasteiger partial charge in [0.05, 0.1) is 5.39 Å². The van der Waals surface area contributed by atoms with E-state index in [9.17, 15) is 14.4 Å². The van der Waals surface area contributed by atoms with E-state index in [1.165, 1.54) is 11.3 Å². The molecule has 2 aromatic heterocycles. The highest BCUT2D eigenvalue weighted by atomic mass is 32.1. The molecule has 0 saturated carbocycles. The van der Waals surface area contributed by atoms with Crippen molar-refractivity contribution in [2.24, 2.45) is 5.92 Å². The number of nitrogens with zero attached hydrogens (tertiary/aromatic N) is 2. The lowest BCUT2D eigenvalue weighted by molar-refractivity contribution is -0.125. The molecule has 0 aromatic carbocycles. The summed E-state index contributed by atoms with van der Waals surface area (Å²) in [6.45, 7) is 7.98. The molecule has 1 aliphatic rings. The van der Waals surface area contributed by atoms with Crippen molar-refractivity contribution in [2.75, 3.05) is 6.61 Å². The Hall–Kier alpha value is -2.22. The standard InChI is InChI=1S/C20H27N3O4S/c1-11(2)13(4)21-15(24)10-27-20(26)17-12(3)16-18(28-17)22-14-8-6-5-7-9-23(14)19(16)25/h11,13H,5-10H2,1-4H3,(H,21,24). The van der Waals surface area contributed by atoms with Gasteiger partial charge in [0.25, 0.3) is 11.5 Å². The number of aryl methyl sites for hydroxylation is 2. The SMILES string of the molecule is Cc1c(C(=O)OCC(=O)NC(C)C(C)C)sc2nc3n(c(=O)c12)CCCCC3. The Morgan fingerprint density at radius 1 is 1.25 bits per heavy atom. The second-order valence-electron chi connectivity index (χ2n) is 7.71. The van der Waals surface area contributed by atoms with Crippen LogP contribution < -0.4 is 10.9 Å². The maximum Gasteiger partial charge on any atom is 0.349 e. The fourth-order valence-corrected chi connectivity index (χ4v) is 4.35.